The van der Waals surface area contributed by atoms with E-state index in [9.17, 15) is 9.59 Å². The molecule has 2 fully saturated rings. The Kier molecular flexibility index (Phi) is 6.81. The summed E-state index contributed by atoms with van der Waals surface area (Å²) >= 11 is 0. The molecule has 174 valence electrons. The molecule has 2 saturated carbocycles. The van der Waals surface area contributed by atoms with Gasteiger partial charge in [-0.2, -0.15) is 10.2 Å². The lowest BCUT2D eigenvalue weighted by atomic mass is 9.87. The average Bonchev–Trinajstić information content (AvgIpc) is 3.48. The number of aromatic nitrogens is 4. The van der Waals surface area contributed by atoms with E-state index in [1.807, 2.05) is 30.8 Å². The zero-order valence-corrected chi connectivity index (χ0v) is 19.1. The van der Waals surface area contributed by atoms with Crippen LogP contribution in [0.15, 0.2) is 18.5 Å². The Morgan fingerprint density at radius 3 is 2.72 bits per heavy atom. The standard InChI is InChI=1S/C23H34N6O3/c1-14(2)25-23(31)32-19-9-6-16(10-19)20-11-21(28-27-20)26-22(30)17-12-24-29(13-17)18-7-4-15(3)5-8-18/h11-16,18-19H,4-10H2,1-3H3,(H,25,31)(H2,26,27,28,30)/t15?,16-,18?,19+/m0/s1. The largest absolute Gasteiger partial charge is 0.446 e. The third-order valence-electron chi connectivity index (χ3n) is 6.57. The highest BCUT2D eigenvalue weighted by Gasteiger charge is 2.30. The topological polar surface area (TPSA) is 114 Å². The molecule has 0 aliphatic heterocycles. The average molecular weight is 443 g/mol. The first-order valence-corrected chi connectivity index (χ1v) is 11.7. The van der Waals surface area contributed by atoms with E-state index in [1.165, 1.54) is 12.8 Å². The summed E-state index contributed by atoms with van der Waals surface area (Å²) in [7, 11) is 0. The molecule has 4 rings (SSSR count). The predicted molar refractivity (Wildman–Crippen MR) is 121 cm³/mol. The first-order valence-electron chi connectivity index (χ1n) is 11.7. The van der Waals surface area contributed by atoms with E-state index in [2.05, 4.69) is 32.9 Å². The molecule has 0 bridgehead atoms. The summed E-state index contributed by atoms with van der Waals surface area (Å²) in [6, 6.07) is 2.30. The fourth-order valence-electron chi connectivity index (χ4n) is 4.71. The van der Waals surface area contributed by atoms with Crippen molar-refractivity contribution in [2.75, 3.05) is 5.32 Å². The molecule has 0 unspecified atom stereocenters. The minimum absolute atomic E-state index is 0.0527. The molecule has 0 aromatic carbocycles. The van der Waals surface area contributed by atoms with Crippen molar-refractivity contribution in [2.24, 2.45) is 5.92 Å². The van der Waals surface area contributed by atoms with E-state index in [4.69, 9.17) is 4.74 Å². The van der Waals surface area contributed by atoms with Crippen molar-refractivity contribution in [1.82, 2.24) is 25.3 Å². The van der Waals surface area contributed by atoms with Gasteiger partial charge in [-0.3, -0.25) is 14.6 Å². The van der Waals surface area contributed by atoms with Crippen LogP contribution in [-0.2, 0) is 4.74 Å². The summed E-state index contributed by atoms with van der Waals surface area (Å²) in [5.74, 6) is 1.28. The lowest BCUT2D eigenvalue weighted by Crippen LogP contribution is -2.33. The normalized spacial score (nSPS) is 25.6. The number of alkyl carbamates (subject to hydrolysis) is 1. The molecule has 32 heavy (non-hydrogen) atoms. The van der Waals surface area contributed by atoms with Crippen LogP contribution in [-0.4, -0.2) is 44.1 Å². The summed E-state index contributed by atoms with van der Waals surface area (Å²) < 4.78 is 7.43. The number of nitrogens with one attached hydrogen (secondary N) is 3. The van der Waals surface area contributed by atoms with Crippen molar-refractivity contribution >= 4 is 17.8 Å². The van der Waals surface area contributed by atoms with Gasteiger partial charge in [0.05, 0.1) is 17.8 Å². The third-order valence-corrected chi connectivity index (χ3v) is 6.57. The van der Waals surface area contributed by atoms with Gasteiger partial charge in [0.1, 0.15) is 6.10 Å². The molecular formula is C23H34N6O3. The summed E-state index contributed by atoms with van der Waals surface area (Å²) in [4.78, 5) is 24.5. The maximum absolute atomic E-state index is 12.7. The highest BCUT2D eigenvalue weighted by Crippen LogP contribution is 2.36. The van der Waals surface area contributed by atoms with E-state index in [-0.39, 0.29) is 30.1 Å². The number of aromatic amines is 1. The molecule has 3 N–H and O–H groups in total. The molecule has 9 nitrogen and oxygen atoms in total. The smallest absolute Gasteiger partial charge is 0.407 e. The van der Waals surface area contributed by atoms with Crippen molar-refractivity contribution in [1.29, 1.82) is 0 Å². The molecule has 0 radical (unpaired) electrons. The number of amides is 2. The van der Waals surface area contributed by atoms with Gasteiger partial charge in [0, 0.05) is 29.9 Å². The van der Waals surface area contributed by atoms with E-state index in [1.54, 1.807) is 6.20 Å². The second-order valence-electron chi connectivity index (χ2n) is 9.62. The highest BCUT2D eigenvalue weighted by atomic mass is 16.6. The Hall–Kier alpha value is -2.84. The maximum Gasteiger partial charge on any atom is 0.407 e. The monoisotopic (exact) mass is 442 g/mol. The lowest BCUT2D eigenvalue weighted by molar-refractivity contribution is 0.0979. The molecule has 2 aromatic heterocycles. The molecular weight excluding hydrogens is 408 g/mol. The van der Waals surface area contributed by atoms with Gasteiger partial charge >= 0.3 is 6.09 Å². The number of hydrogen-bond acceptors (Lipinski definition) is 5. The van der Waals surface area contributed by atoms with Gasteiger partial charge in [-0.05, 0) is 64.7 Å². The summed E-state index contributed by atoms with van der Waals surface area (Å²) in [6.45, 7) is 6.10. The van der Waals surface area contributed by atoms with Gasteiger partial charge < -0.3 is 15.4 Å². The number of carbonyl (C=O) groups excluding carboxylic acids is 2. The van der Waals surface area contributed by atoms with Crippen molar-refractivity contribution in [2.45, 2.75) is 89.8 Å². The molecule has 2 amide bonds. The Morgan fingerprint density at radius 1 is 1.19 bits per heavy atom. The summed E-state index contributed by atoms with van der Waals surface area (Å²) in [6.07, 6.45) is 10.1. The second-order valence-corrected chi connectivity index (χ2v) is 9.62. The number of anilines is 1. The molecule has 2 aliphatic carbocycles. The quantitative estimate of drug-likeness (QED) is 0.614. The van der Waals surface area contributed by atoms with Gasteiger partial charge in [-0.25, -0.2) is 4.79 Å². The van der Waals surface area contributed by atoms with Crippen LogP contribution < -0.4 is 10.6 Å². The van der Waals surface area contributed by atoms with Gasteiger partial charge in [0.25, 0.3) is 5.91 Å². The number of nitrogens with zero attached hydrogens (tertiary/aromatic N) is 3. The number of rotatable bonds is 6. The molecule has 2 atom stereocenters. The minimum Gasteiger partial charge on any atom is -0.446 e. The Balaban J connectivity index is 1.29. The fourth-order valence-corrected chi connectivity index (χ4v) is 4.71. The van der Waals surface area contributed by atoms with Crippen LogP contribution in [0.5, 0.6) is 0 Å². The summed E-state index contributed by atoms with van der Waals surface area (Å²) in [5, 5.41) is 17.3. The number of carbonyl (C=O) groups is 2. The Bertz CT molecular complexity index is 928. The van der Waals surface area contributed by atoms with Crippen LogP contribution in [0.25, 0.3) is 0 Å². The molecule has 2 aliphatic rings. The second kappa shape index (κ2) is 9.75. The van der Waals surface area contributed by atoms with E-state index >= 15 is 0 Å². The minimum atomic E-state index is -0.369. The molecule has 2 heterocycles. The molecule has 9 heteroatoms. The lowest BCUT2D eigenvalue weighted by Gasteiger charge is -2.26. The zero-order chi connectivity index (χ0) is 22.7. The van der Waals surface area contributed by atoms with Gasteiger partial charge in [0.15, 0.2) is 5.82 Å². The van der Waals surface area contributed by atoms with E-state index < -0.39 is 0 Å². The predicted octanol–water partition coefficient (Wildman–Crippen LogP) is 4.38. The van der Waals surface area contributed by atoms with Crippen molar-refractivity contribution in [3.63, 3.8) is 0 Å². The van der Waals surface area contributed by atoms with Crippen LogP contribution in [0, 0.1) is 5.92 Å². The Morgan fingerprint density at radius 2 is 1.97 bits per heavy atom. The van der Waals surface area contributed by atoms with Gasteiger partial charge in [0.2, 0.25) is 0 Å². The Labute approximate surface area is 188 Å². The molecule has 0 spiro atoms. The van der Waals surface area contributed by atoms with Crippen LogP contribution in [0.3, 0.4) is 0 Å². The zero-order valence-electron chi connectivity index (χ0n) is 19.1. The number of ether oxygens (including phenoxy) is 1. The van der Waals surface area contributed by atoms with E-state index in [0.717, 1.165) is 43.7 Å². The fraction of sp³-hybridized carbons (Fsp3) is 0.652. The maximum atomic E-state index is 12.7. The van der Waals surface area contributed by atoms with Crippen LogP contribution in [0.2, 0.25) is 0 Å². The number of hydrogen-bond donors (Lipinski definition) is 3. The van der Waals surface area contributed by atoms with Crippen LogP contribution >= 0.6 is 0 Å². The van der Waals surface area contributed by atoms with E-state index in [0.29, 0.717) is 17.4 Å². The first kappa shape index (κ1) is 22.4. The van der Waals surface area contributed by atoms with Gasteiger partial charge in [-0.15, -0.1) is 0 Å². The highest BCUT2D eigenvalue weighted by molar-refractivity contribution is 6.03. The summed E-state index contributed by atoms with van der Waals surface area (Å²) in [5.41, 5.74) is 1.49. The van der Waals surface area contributed by atoms with Crippen LogP contribution in [0.1, 0.15) is 93.7 Å². The molecule has 0 saturated heterocycles. The van der Waals surface area contributed by atoms with Crippen LogP contribution in [0.4, 0.5) is 10.6 Å². The number of H-pyrrole nitrogens is 1. The SMILES string of the molecule is CC1CCC(n2cc(C(=O)Nc3cc([C@H]4CC[C@@H](OC(=O)NC(C)C)C4)[nH]n3)cn2)CC1. The van der Waals surface area contributed by atoms with Gasteiger partial charge in [-0.1, -0.05) is 6.92 Å². The van der Waals surface area contributed by atoms with Crippen molar-refractivity contribution in [3.05, 3.63) is 29.7 Å². The van der Waals surface area contributed by atoms with Crippen molar-refractivity contribution in [3.8, 4) is 0 Å². The first-order chi connectivity index (χ1) is 15.4. The third kappa shape index (κ3) is 5.49. The molecule has 2 aromatic rings. The van der Waals surface area contributed by atoms with Crippen molar-refractivity contribution < 1.29 is 14.3 Å².